The molecule has 1 aliphatic rings. The van der Waals surface area contributed by atoms with E-state index in [1.165, 1.54) is 34.8 Å². The summed E-state index contributed by atoms with van der Waals surface area (Å²) in [6.07, 6.45) is 5.08. The van der Waals surface area contributed by atoms with Gasteiger partial charge in [0.1, 0.15) is 0 Å². The summed E-state index contributed by atoms with van der Waals surface area (Å²) in [5.74, 6) is 0.579. The highest BCUT2D eigenvalue weighted by Crippen LogP contribution is 2.36. The van der Waals surface area contributed by atoms with Gasteiger partial charge in [-0.2, -0.15) is 0 Å². The fraction of sp³-hybridized carbons (Fsp3) is 0.333. The molecular formula is C18H19ClIN. The SMILES string of the molecule is Clc1cc(I)ccc1NC1CCCCC1c1ccccc1. The van der Waals surface area contributed by atoms with Gasteiger partial charge in [0.15, 0.2) is 0 Å². The maximum absolute atomic E-state index is 6.38. The minimum atomic E-state index is 0.471. The third-order valence-electron chi connectivity index (χ3n) is 4.27. The van der Waals surface area contributed by atoms with E-state index < -0.39 is 0 Å². The van der Waals surface area contributed by atoms with Crippen molar-refractivity contribution in [2.45, 2.75) is 37.6 Å². The quantitative estimate of drug-likeness (QED) is 0.603. The lowest BCUT2D eigenvalue weighted by Gasteiger charge is -2.33. The normalized spacial score (nSPS) is 22.0. The minimum Gasteiger partial charge on any atom is -0.380 e. The Bertz CT molecular complexity index is 599. The van der Waals surface area contributed by atoms with Crippen LogP contribution in [0.25, 0.3) is 0 Å². The summed E-state index contributed by atoms with van der Waals surface area (Å²) in [6.45, 7) is 0. The van der Waals surface area contributed by atoms with Crippen LogP contribution in [0.4, 0.5) is 5.69 Å². The Morgan fingerprint density at radius 1 is 1.00 bits per heavy atom. The van der Waals surface area contributed by atoms with Crippen molar-refractivity contribution in [2.75, 3.05) is 5.32 Å². The second-order valence-electron chi connectivity index (χ2n) is 5.68. The molecule has 1 aliphatic carbocycles. The van der Waals surface area contributed by atoms with E-state index in [9.17, 15) is 0 Å². The fourth-order valence-electron chi connectivity index (χ4n) is 3.21. The van der Waals surface area contributed by atoms with Crippen molar-refractivity contribution in [1.29, 1.82) is 0 Å². The first-order valence-corrected chi connectivity index (χ1v) is 8.96. The van der Waals surface area contributed by atoms with Crippen molar-refractivity contribution >= 4 is 39.9 Å². The number of rotatable bonds is 3. The zero-order chi connectivity index (χ0) is 14.7. The van der Waals surface area contributed by atoms with Crippen LogP contribution in [0.2, 0.25) is 5.02 Å². The molecule has 2 atom stereocenters. The largest absolute Gasteiger partial charge is 0.380 e. The van der Waals surface area contributed by atoms with Gasteiger partial charge in [-0.15, -0.1) is 0 Å². The molecule has 3 heteroatoms. The molecule has 110 valence electrons. The standard InChI is InChI=1S/C18H19ClIN/c19-16-12-14(20)10-11-18(16)21-17-9-5-4-8-15(17)13-6-2-1-3-7-13/h1-3,6-7,10-12,15,17,21H,4-5,8-9H2. The average molecular weight is 412 g/mol. The Kier molecular flexibility index (Phi) is 5.07. The molecule has 0 bridgehead atoms. The van der Waals surface area contributed by atoms with Crippen molar-refractivity contribution in [3.05, 3.63) is 62.7 Å². The first-order valence-electron chi connectivity index (χ1n) is 7.50. The van der Waals surface area contributed by atoms with E-state index in [1.54, 1.807) is 0 Å². The number of hydrogen-bond donors (Lipinski definition) is 1. The summed E-state index contributed by atoms with van der Waals surface area (Å²) < 4.78 is 1.17. The predicted octanol–water partition coefficient (Wildman–Crippen LogP) is 6.08. The van der Waals surface area contributed by atoms with Crippen molar-refractivity contribution in [3.63, 3.8) is 0 Å². The van der Waals surface area contributed by atoms with Gasteiger partial charge >= 0.3 is 0 Å². The number of halogens is 2. The van der Waals surface area contributed by atoms with Crippen LogP contribution in [0.3, 0.4) is 0 Å². The molecular weight excluding hydrogens is 393 g/mol. The van der Waals surface area contributed by atoms with Crippen LogP contribution in [0.1, 0.15) is 37.2 Å². The molecule has 0 spiro atoms. The molecule has 2 aromatic carbocycles. The Balaban J connectivity index is 1.81. The third-order valence-corrected chi connectivity index (χ3v) is 5.25. The van der Waals surface area contributed by atoms with Gasteiger partial charge in [-0.25, -0.2) is 0 Å². The summed E-state index contributed by atoms with van der Waals surface area (Å²) in [5.41, 5.74) is 2.50. The van der Waals surface area contributed by atoms with Gasteiger partial charge in [0.05, 0.1) is 10.7 Å². The lowest BCUT2D eigenvalue weighted by molar-refractivity contribution is 0.405. The monoisotopic (exact) mass is 411 g/mol. The van der Waals surface area contributed by atoms with E-state index in [4.69, 9.17) is 11.6 Å². The van der Waals surface area contributed by atoms with Crippen molar-refractivity contribution in [1.82, 2.24) is 0 Å². The zero-order valence-corrected chi connectivity index (χ0v) is 14.8. The van der Waals surface area contributed by atoms with E-state index in [0.29, 0.717) is 12.0 Å². The van der Waals surface area contributed by atoms with Gasteiger partial charge < -0.3 is 5.32 Å². The Labute approximate surface area is 145 Å². The fourth-order valence-corrected chi connectivity index (χ4v) is 4.12. The van der Waals surface area contributed by atoms with Crippen LogP contribution in [0.15, 0.2) is 48.5 Å². The number of hydrogen-bond acceptors (Lipinski definition) is 1. The molecule has 3 rings (SSSR count). The maximum atomic E-state index is 6.38. The molecule has 1 fully saturated rings. The first-order chi connectivity index (χ1) is 10.2. The molecule has 21 heavy (non-hydrogen) atoms. The number of anilines is 1. The average Bonchev–Trinajstić information content (AvgIpc) is 2.51. The van der Waals surface area contributed by atoms with E-state index >= 15 is 0 Å². The highest BCUT2D eigenvalue weighted by Gasteiger charge is 2.26. The lowest BCUT2D eigenvalue weighted by atomic mass is 9.80. The molecule has 0 amide bonds. The smallest absolute Gasteiger partial charge is 0.0648 e. The molecule has 1 saturated carbocycles. The highest BCUT2D eigenvalue weighted by molar-refractivity contribution is 14.1. The Morgan fingerprint density at radius 2 is 1.76 bits per heavy atom. The van der Waals surface area contributed by atoms with E-state index in [1.807, 2.05) is 6.07 Å². The van der Waals surface area contributed by atoms with Gasteiger partial charge in [0.2, 0.25) is 0 Å². The van der Waals surface area contributed by atoms with Crippen LogP contribution in [-0.4, -0.2) is 6.04 Å². The second-order valence-corrected chi connectivity index (χ2v) is 7.33. The topological polar surface area (TPSA) is 12.0 Å². The van der Waals surface area contributed by atoms with Crippen LogP contribution in [0, 0.1) is 3.57 Å². The molecule has 1 N–H and O–H groups in total. The molecule has 0 aliphatic heterocycles. The summed E-state index contributed by atoms with van der Waals surface area (Å²) in [6, 6.07) is 17.6. The molecule has 1 nitrogen and oxygen atoms in total. The third kappa shape index (κ3) is 3.72. The molecule has 0 aromatic heterocycles. The highest BCUT2D eigenvalue weighted by atomic mass is 127. The van der Waals surface area contributed by atoms with E-state index in [-0.39, 0.29) is 0 Å². The molecule has 2 aromatic rings. The van der Waals surface area contributed by atoms with Crippen molar-refractivity contribution in [3.8, 4) is 0 Å². The van der Waals surface area contributed by atoms with Crippen LogP contribution >= 0.6 is 34.2 Å². The van der Waals surface area contributed by atoms with Crippen LogP contribution in [0.5, 0.6) is 0 Å². The summed E-state index contributed by atoms with van der Waals surface area (Å²) in [7, 11) is 0. The Hall–Kier alpha value is -0.740. The van der Waals surface area contributed by atoms with E-state index in [0.717, 1.165) is 10.7 Å². The second kappa shape index (κ2) is 7.01. The lowest BCUT2D eigenvalue weighted by Crippen LogP contribution is -2.30. The van der Waals surface area contributed by atoms with Crippen molar-refractivity contribution in [2.24, 2.45) is 0 Å². The summed E-state index contributed by atoms with van der Waals surface area (Å²) >= 11 is 8.67. The Morgan fingerprint density at radius 3 is 2.52 bits per heavy atom. The van der Waals surface area contributed by atoms with Crippen LogP contribution in [-0.2, 0) is 0 Å². The van der Waals surface area contributed by atoms with Crippen LogP contribution < -0.4 is 5.32 Å². The first kappa shape index (κ1) is 15.2. The number of nitrogens with one attached hydrogen (secondary N) is 1. The molecule has 0 saturated heterocycles. The van der Waals surface area contributed by atoms with Crippen molar-refractivity contribution < 1.29 is 0 Å². The maximum Gasteiger partial charge on any atom is 0.0648 e. The van der Waals surface area contributed by atoms with Gasteiger partial charge in [0, 0.05) is 15.5 Å². The van der Waals surface area contributed by atoms with Gasteiger partial charge in [-0.1, -0.05) is 54.8 Å². The molecule has 0 radical (unpaired) electrons. The van der Waals surface area contributed by atoms with Gasteiger partial charge in [0.25, 0.3) is 0 Å². The van der Waals surface area contributed by atoms with Gasteiger partial charge in [-0.05, 0) is 59.2 Å². The summed E-state index contributed by atoms with van der Waals surface area (Å²) in [5, 5.41) is 4.51. The number of benzene rings is 2. The van der Waals surface area contributed by atoms with Gasteiger partial charge in [-0.3, -0.25) is 0 Å². The molecule has 0 heterocycles. The van der Waals surface area contributed by atoms with E-state index in [2.05, 4.69) is 70.4 Å². The predicted molar refractivity (Wildman–Crippen MR) is 99.2 cm³/mol. The molecule has 2 unspecified atom stereocenters. The minimum absolute atomic E-state index is 0.471. The summed E-state index contributed by atoms with van der Waals surface area (Å²) in [4.78, 5) is 0. The zero-order valence-electron chi connectivity index (χ0n) is 11.9.